The van der Waals surface area contributed by atoms with Crippen molar-refractivity contribution < 1.29 is 9.53 Å². The number of allylic oxidation sites excluding steroid dienone is 4. The fraction of sp³-hybridized carbons (Fsp3) is 0.872. The molecule has 0 fully saturated rings. The molecule has 0 spiro atoms. The van der Waals surface area contributed by atoms with E-state index < -0.39 is 0 Å². The summed E-state index contributed by atoms with van der Waals surface area (Å²) >= 11 is 0. The quantitative estimate of drug-likeness (QED) is 0.0434. The smallest absolute Gasteiger partial charge is 0.305 e. The molecule has 0 aromatic heterocycles. The van der Waals surface area contributed by atoms with Gasteiger partial charge in [0.2, 0.25) is 0 Å². The van der Waals surface area contributed by atoms with E-state index in [0.29, 0.717) is 13.0 Å². The molecule has 0 heterocycles. The molecule has 0 aliphatic rings. The number of carbonyl (C=O) groups is 1. The standard InChI is InChI=1S/C39H74O2/c1-3-5-7-9-11-13-15-17-19-20-21-22-23-24-26-28-30-32-34-36-38-41-39(40)37-35-33-31-29-27-25-18-16-14-12-10-8-6-4-2/h10,12,16,18H,3-9,11,13-15,17,19-38H2,1-2H3/b12-10-,18-16-. The minimum atomic E-state index is 0.0118. The van der Waals surface area contributed by atoms with Crippen molar-refractivity contribution in [1.29, 1.82) is 0 Å². The number of ether oxygens (including phenoxy) is 1. The summed E-state index contributed by atoms with van der Waals surface area (Å²) in [6, 6.07) is 0. The van der Waals surface area contributed by atoms with Crippen molar-refractivity contribution >= 4 is 5.97 Å². The van der Waals surface area contributed by atoms with E-state index in [4.69, 9.17) is 4.74 Å². The first kappa shape index (κ1) is 40.0. The third-order valence-corrected chi connectivity index (χ3v) is 8.34. The van der Waals surface area contributed by atoms with Gasteiger partial charge in [-0.25, -0.2) is 0 Å². The van der Waals surface area contributed by atoms with Gasteiger partial charge in [0.05, 0.1) is 6.61 Å². The second-order valence-corrected chi connectivity index (χ2v) is 12.6. The molecular formula is C39H74O2. The highest BCUT2D eigenvalue weighted by molar-refractivity contribution is 5.69. The van der Waals surface area contributed by atoms with Crippen LogP contribution < -0.4 is 0 Å². The molecule has 2 nitrogen and oxygen atoms in total. The van der Waals surface area contributed by atoms with Crippen LogP contribution in [0.4, 0.5) is 0 Å². The average molecular weight is 575 g/mol. The Hall–Kier alpha value is -1.05. The van der Waals surface area contributed by atoms with Gasteiger partial charge in [0.1, 0.15) is 0 Å². The van der Waals surface area contributed by atoms with Crippen molar-refractivity contribution in [2.45, 2.75) is 213 Å². The Bertz CT molecular complexity index is 550. The van der Waals surface area contributed by atoms with Crippen LogP contribution in [0.25, 0.3) is 0 Å². The van der Waals surface area contributed by atoms with Crippen LogP contribution in [0, 0.1) is 0 Å². The number of esters is 1. The number of carbonyl (C=O) groups excluding carboxylic acids is 1. The Kier molecular flexibility index (Phi) is 36.0. The maximum atomic E-state index is 11.9. The largest absolute Gasteiger partial charge is 0.466 e. The number of rotatable bonds is 34. The predicted molar refractivity (Wildman–Crippen MR) is 184 cm³/mol. The lowest BCUT2D eigenvalue weighted by atomic mass is 10.0. The van der Waals surface area contributed by atoms with E-state index in [1.165, 1.54) is 167 Å². The third-order valence-electron chi connectivity index (χ3n) is 8.34. The van der Waals surface area contributed by atoms with E-state index in [-0.39, 0.29) is 5.97 Å². The number of hydrogen-bond acceptors (Lipinski definition) is 2. The normalized spacial score (nSPS) is 11.8. The summed E-state index contributed by atoms with van der Waals surface area (Å²) in [5.41, 5.74) is 0. The van der Waals surface area contributed by atoms with Crippen molar-refractivity contribution in [1.82, 2.24) is 0 Å². The summed E-state index contributed by atoms with van der Waals surface area (Å²) in [5, 5.41) is 0. The van der Waals surface area contributed by atoms with Crippen LogP contribution in [0.5, 0.6) is 0 Å². The maximum Gasteiger partial charge on any atom is 0.305 e. The van der Waals surface area contributed by atoms with Crippen molar-refractivity contribution in [3.05, 3.63) is 24.3 Å². The highest BCUT2D eigenvalue weighted by Crippen LogP contribution is 2.15. The third kappa shape index (κ3) is 36.9. The van der Waals surface area contributed by atoms with Gasteiger partial charge in [0.25, 0.3) is 0 Å². The molecule has 0 N–H and O–H groups in total. The lowest BCUT2D eigenvalue weighted by Gasteiger charge is -2.06. The Morgan fingerprint density at radius 1 is 0.415 bits per heavy atom. The summed E-state index contributed by atoms with van der Waals surface area (Å²) in [4.78, 5) is 11.9. The zero-order valence-corrected chi connectivity index (χ0v) is 28.3. The molecule has 0 rings (SSSR count). The van der Waals surface area contributed by atoms with Gasteiger partial charge in [-0.2, -0.15) is 0 Å². The zero-order valence-electron chi connectivity index (χ0n) is 28.3. The highest BCUT2D eigenvalue weighted by Gasteiger charge is 2.02. The molecule has 0 radical (unpaired) electrons. The molecule has 0 saturated carbocycles. The van der Waals surface area contributed by atoms with E-state index in [1.54, 1.807) is 0 Å². The monoisotopic (exact) mass is 575 g/mol. The molecule has 41 heavy (non-hydrogen) atoms. The van der Waals surface area contributed by atoms with Gasteiger partial charge in [-0.1, -0.05) is 192 Å². The Labute approximate surface area is 259 Å². The topological polar surface area (TPSA) is 26.3 Å². The summed E-state index contributed by atoms with van der Waals surface area (Å²) in [6.45, 7) is 5.16. The van der Waals surface area contributed by atoms with Crippen molar-refractivity contribution in [3.63, 3.8) is 0 Å². The molecule has 0 aliphatic heterocycles. The minimum absolute atomic E-state index is 0.0118. The lowest BCUT2D eigenvalue weighted by molar-refractivity contribution is -0.143. The van der Waals surface area contributed by atoms with Crippen LogP contribution in [0.1, 0.15) is 213 Å². The second kappa shape index (κ2) is 37.0. The molecule has 2 heteroatoms. The summed E-state index contributed by atoms with van der Waals surface area (Å²) in [6.07, 6.45) is 49.6. The van der Waals surface area contributed by atoms with Gasteiger partial charge in [-0.05, 0) is 38.5 Å². The Morgan fingerprint density at radius 3 is 1.24 bits per heavy atom. The molecular weight excluding hydrogens is 500 g/mol. The minimum Gasteiger partial charge on any atom is -0.466 e. The first-order valence-corrected chi connectivity index (χ1v) is 18.8. The molecule has 0 amide bonds. The van der Waals surface area contributed by atoms with E-state index in [9.17, 15) is 4.79 Å². The fourth-order valence-electron chi connectivity index (χ4n) is 5.51. The van der Waals surface area contributed by atoms with Crippen LogP contribution in [0.3, 0.4) is 0 Å². The van der Waals surface area contributed by atoms with E-state index >= 15 is 0 Å². The molecule has 0 atom stereocenters. The van der Waals surface area contributed by atoms with Gasteiger partial charge in [-0.15, -0.1) is 0 Å². The maximum absolute atomic E-state index is 11.9. The molecule has 242 valence electrons. The van der Waals surface area contributed by atoms with Crippen LogP contribution in [0.2, 0.25) is 0 Å². The van der Waals surface area contributed by atoms with E-state index in [1.807, 2.05) is 0 Å². The van der Waals surface area contributed by atoms with Crippen molar-refractivity contribution in [2.75, 3.05) is 6.61 Å². The number of hydrogen-bond donors (Lipinski definition) is 0. The summed E-state index contributed by atoms with van der Waals surface area (Å²) in [7, 11) is 0. The highest BCUT2D eigenvalue weighted by atomic mass is 16.5. The molecule has 0 saturated heterocycles. The first-order valence-electron chi connectivity index (χ1n) is 18.8. The van der Waals surface area contributed by atoms with Gasteiger partial charge >= 0.3 is 5.97 Å². The van der Waals surface area contributed by atoms with Crippen LogP contribution in [-0.4, -0.2) is 12.6 Å². The first-order chi connectivity index (χ1) is 20.3. The van der Waals surface area contributed by atoms with Crippen molar-refractivity contribution in [3.8, 4) is 0 Å². The average Bonchev–Trinajstić information content (AvgIpc) is 2.98. The van der Waals surface area contributed by atoms with Gasteiger partial charge in [-0.3, -0.25) is 4.79 Å². The SMILES string of the molecule is CCCC/C=C\C/C=C\CCCCCCCC(=O)OCCCCCCCCCCCCCCCCCCCCCC. The zero-order chi connectivity index (χ0) is 29.7. The molecule has 0 aromatic carbocycles. The summed E-state index contributed by atoms with van der Waals surface area (Å²) in [5.74, 6) is 0.0118. The molecule has 0 unspecified atom stereocenters. The molecule has 0 bridgehead atoms. The number of unbranched alkanes of at least 4 members (excludes halogenated alkanes) is 26. The van der Waals surface area contributed by atoms with Gasteiger partial charge < -0.3 is 4.74 Å². The lowest BCUT2D eigenvalue weighted by Crippen LogP contribution is -2.05. The Morgan fingerprint density at radius 2 is 0.780 bits per heavy atom. The van der Waals surface area contributed by atoms with E-state index in [2.05, 4.69) is 38.2 Å². The van der Waals surface area contributed by atoms with Gasteiger partial charge in [0.15, 0.2) is 0 Å². The molecule has 0 aromatic rings. The predicted octanol–water partition coefficient (Wildman–Crippen LogP) is 13.8. The van der Waals surface area contributed by atoms with Gasteiger partial charge in [0, 0.05) is 6.42 Å². The van der Waals surface area contributed by atoms with Crippen LogP contribution in [-0.2, 0) is 9.53 Å². The van der Waals surface area contributed by atoms with Crippen LogP contribution >= 0.6 is 0 Å². The summed E-state index contributed by atoms with van der Waals surface area (Å²) < 4.78 is 5.44. The second-order valence-electron chi connectivity index (χ2n) is 12.6. The molecule has 0 aliphatic carbocycles. The van der Waals surface area contributed by atoms with Crippen molar-refractivity contribution in [2.24, 2.45) is 0 Å². The van der Waals surface area contributed by atoms with E-state index in [0.717, 1.165) is 25.7 Å². The Balaban J connectivity index is 3.19. The fourth-order valence-corrected chi connectivity index (χ4v) is 5.51. The van der Waals surface area contributed by atoms with Crippen LogP contribution in [0.15, 0.2) is 24.3 Å².